The minimum absolute atomic E-state index is 0.0515. The summed E-state index contributed by atoms with van der Waals surface area (Å²) in [6.45, 7) is 8.06. The fraction of sp³-hybridized carbons (Fsp3) is 0.625. The molecule has 2 aliphatic rings. The van der Waals surface area contributed by atoms with Crippen molar-refractivity contribution < 1.29 is 9.21 Å². The van der Waals surface area contributed by atoms with Gasteiger partial charge >= 0.3 is 0 Å². The van der Waals surface area contributed by atoms with Gasteiger partial charge in [-0.15, -0.1) is 10.2 Å². The largest absolute Gasteiger partial charge is 0.423 e. The van der Waals surface area contributed by atoms with Gasteiger partial charge in [-0.2, -0.15) is 0 Å². The van der Waals surface area contributed by atoms with Crippen LogP contribution in [0.4, 0.5) is 0 Å². The Labute approximate surface area is 179 Å². The molecule has 2 aromatic rings. The molecule has 3 heterocycles. The number of piperidine rings is 2. The highest BCUT2D eigenvalue weighted by Gasteiger charge is 2.33. The van der Waals surface area contributed by atoms with Crippen LogP contribution in [0.25, 0.3) is 0 Å². The van der Waals surface area contributed by atoms with Crippen molar-refractivity contribution in [3.8, 4) is 0 Å². The number of rotatable bonds is 6. The molecular formula is C24H34N4O2. The summed E-state index contributed by atoms with van der Waals surface area (Å²) in [6, 6.07) is 10.6. The molecule has 0 bridgehead atoms. The Morgan fingerprint density at radius 2 is 1.77 bits per heavy atom. The van der Waals surface area contributed by atoms with E-state index in [0.29, 0.717) is 24.1 Å². The maximum absolute atomic E-state index is 12.7. The van der Waals surface area contributed by atoms with Gasteiger partial charge in [-0.3, -0.25) is 9.69 Å². The molecule has 1 aromatic heterocycles. The van der Waals surface area contributed by atoms with Gasteiger partial charge < -0.3 is 9.32 Å². The van der Waals surface area contributed by atoms with Crippen molar-refractivity contribution in [1.29, 1.82) is 0 Å². The van der Waals surface area contributed by atoms with Crippen LogP contribution in [-0.2, 0) is 11.3 Å². The standard InChI is InChI=1S/C24H34N4O2/c1-18(2)16-22(29)28-13-7-6-10-21(28)24-26-25-23(30-24)20-11-14-27(15-12-20)17-19-8-4-3-5-9-19/h3-5,8-9,18,20-21H,6-7,10-17H2,1-2H3/t21-/m0/s1. The Morgan fingerprint density at radius 3 is 2.50 bits per heavy atom. The molecule has 0 N–H and O–H groups in total. The van der Waals surface area contributed by atoms with Crippen LogP contribution in [0.15, 0.2) is 34.7 Å². The van der Waals surface area contributed by atoms with E-state index >= 15 is 0 Å². The van der Waals surface area contributed by atoms with Crippen LogP contribution in [0.5, 0.6) is 0 Å². The van der Waals surface area contributed by atoms with Gasteiger partial charge in [0.2, 0.25) is 17.7 Å². The van der Waals surface area contributed by atoms with E-state index in [1.54, 1.807) is 0 Å². The van der Waals surface area contributed by atoms with Gasteiger partial charge in [0.1, 0.15) is 6.04 Å². The topological polar surface area (TPSA) is 62.5 Å². The van der Waals surface area contributed by atoms with E-state index in [1.807, 2.05) is 4.90 Å². The number of nitrogens with zero attached hydrogens (tertiary/aromatic N) is 4. The molecule has 0 aliphatic carbocycles. The van der Waals surface area contributed by atoms with Gasteiger partial charge in [0.05, 0.1) is 0 Å². The zero-order chi connectivity index (χ0) is 20.9. The summed E-state index contributed by atoms with van der Waals surface area (Å²) >= 11 is 0. The third kappa shape index (κ3) is 5.09. The molecule has 2 fully saturated rings. The van der Waals surface area contributed by atoms with Crippen molar-refractivity contribution in [2.45, 2.75) is 70.9 Å². The van der Waals surface area contributed by atoms with Crippen molar-refractivity contribution in [2.75, 3.05) is 19.6 Å². The molecule has 6 heteroatoms. The highest BCUT2D eigenvalue weighted by Crippen LogP contribution is 2.34. The van der Waals surface area contributed by atoms with E-state index in [4.69, 9.17) is 4.42 Å². The van der Waals surface area contributed by atoms with Crippen molar-refractivity contribution in [3.63, 3.8) is 0 Å². The van der Waals surface area contributed by atoms with Crippen molar-refractivity contribution in [1.82, 2.24) is 20.0 Å². The number of likely N-dealkylation sites (tertiary alicyclic amines) is 2. The molecule has 0 spiro atoms. The quantitative estimate of drug-likeness (QED) is 0.699. The second-order valence-electron chi connectivity index (χ2n) is 9.21. The third-order valence-corrected chi connectivity index (χ3v) is 6.33. The minimum Gasteiger partial charge on any atom is -0.423 e. The molecule has 4 rings (SSSR count). The molecule has 1 atom stereocenters. The normalized spacial score (nSPS) is 21.3. The van der Waals surface area contributed by atoms with Crippen LogP contribution in [0.3, 0.4) is 0 Å². The van der Waals surface area contributed by atoms with Crippen LogP contribution in [0, 0.1) is 5.92 Å². The molecule has 2 saturated heterocycles. The number of amides is 1. The molecule has 162 valence electrons. The summed E-state index contributed by atoms with van der Waals surface area (Å²) in [4.78, 5) is 17.2. The van der Waals surface area contributed by atoms with E-state index < -0.39 is 0 Å². The second kappa shape index (κ2) is 9.73. The zero-order valence-electron chi connectivity index (χ0n) is 18.3. The first-order chi connectivity index (χ1) is 14.6. The van der Waals surface area contributed by atoms with Gasteiger partial charge in [0.25, 0.3) is 0 Å². The van der Waals surface area contributed by atoms with Crippen LogP contribution >= 0.6 is 0 Å². The molecule has 0 radical (unpaired) electrons. The summed E-state index contributed by atoms with van der Waals surface area (Å²) < 4.78 is 6.17. The molecule has 1 amide bonds. The molecule has 0 saturated carbocycles. The average Bonchev–Trinajstić information content (AvgIpc) is 3.25. The van der Waals surface area contributed by atoms with E-state index in [9.17, 15) is 4.79 Å². The second-order valence-corrected chi connectivity index (χ2v) is 9.21. The Balaban J connectivity index is 1.36. The lowest BCUT2D eigenvalue weighted by Gasteiger charge is -2.34. The van der Waals surface area contributed by atoms with Crippen molar-refractivity contribution in [2.24, 2.45) is 5.92 Å². The highest BCUT2D eigenvalue weighted by atomic mass is 16.4. The van der Waals surface area contributed by atoms with Crippen LogP contribution in [0.1, 0.15) is 81.7 Å². The summed E-state index contributed by atoms with van der Waals surface area (Å²) in [5, 5.41) is 8.80. The first-order valence-electron chi connectivity index (χ1n) is 11.5. The minimum atomic E-state index is -0.0515. The fourth-order valence-electron chi connectivity index (χ4n) is 4.68. The predicted molar refractivity (Wildman–Crippen MR) is 116 cm³/mol. The number of aromatic nitrogens is 2. The van der Waals surface area contributed by atoms with Gasteiger partial charge in [-0.25, -0.2) is 0 Å². The smallest absolute Gasteiger partial charge is 0.238 e. The summed E-state index contributed by atoms with van der Waals surface area (Å²) in [5.41, 5.74) is 1.36. The SMILES string of the molecule is CC(C)CC(=O)N1CCCC[C@H]1c1nnc(C2CCN(Cc3ccccc3)CC2)o1. The summed E-state index contributed by atoms with van der Waals surface area (Å²) in [6.07, 6.45) is 5.73. The lowest BCUT2D eigenvalue weighted by atomic mass is 9.96. The number of benzene rings is 1. The Hall–Kier alpha value is -2.21. The lowest BCUT2D eigenvalue weighted by Crippen LogP contribution is -2.39. The van der Waals surface area contributed by atoms with Crippen LogP contribution in [-0.4, -0.2) is 45.5 Å². The monoisotopic (exact) mass is 410 g/mol. The van der Waals surface area contributed by atoms with Crippen molar-refractivity contribution >= 4 is 5.91 Å². The third-order valence-electron chi connectivity index (χ3n) is 6.33. The average molecular weight is 411 g/mol. The Morgan fingerprint density at radius 1 is 1.03 bits per heavy atom. The van der Waals surface area contributed by atoms with Crippen molar-refractivity contribution in [3.05, 3.63) is 47.7 Å². The Bertz CT molecular complexity index is 812. The van der Waals surface area contributed by atoms with E-state index in [-0.39, 0.29) is 11.9 Å². The van der Waals surface area contributed by atoms with E-state index in [2.05, 4.69) is 59.3 Å². The molecule has 2 aliphatic heterocycles. The Kier molecular flexibility index (Phi) is 6.82. The fourth-order valence-corrected chi connectivity index (χ4v) is 4.68. The molecule has 6 nitrogen and oxygen atoms in total. The van der Waals surface area contributed by atoms with Gasteiger partial charge in [0.15, 0.2) is 0 Å². The zero-order valence-corrected chi connectivity index (χ0v) is 18.3. The van der Waals surface area contributed by atoms with Crippen LogP contribution in [0.2, 0.25) is 0 Å². The first kappa shape index (κ1) is 21.0. The number of hydrogen-bond acceptors (Lipinski definition) is 5. The number of hydrogen-bond donors (Lipinski definition) is 0. The molecular weight excluding hydrogens is 376 g/mol. The number of carbonyl (C=O) groups is 1. The first-order valence-corrected chi connectivity index (χ1v) is 11.5. The summed E-state index contributed by atoms with van der Waals surface area (Å²) in [7, 11) is 0. The molecule has 0 unspecified atom stereocenters. The molecule has 30 heavy (non-hydrogen) atoms. The van der Waals surface area contributed by atoms with Crippen LogP contribution < -0.4 is 0 Å². The van der Waals surface area contributed by atoms with Gasteiger partial charge in [0, 0.05) is 25.4 Å². The van der Waals surface area contributed by atoms with Gasteiger partial charge in [-0.1, -0.05) is 44.2 Å². The van der Waals surface area contributed by atoms with Gasteiger partial charge in [-0.05, 0) is 56.7 Å². The maximum Gasteiger partial charge on any atom is 0.238 e. The van der Waals surface area contributed by atoms with E-state index in [1.165, 1.54) is 5.56 Å². The van der Waals surface area contributed by atoms with E-state index in [0.717, 1.165) is 64.2 Å². The number of carbonyl (C=O) groups excluding carboxylic acids is 1. The summed E-state index contributed by atoms with van der Waals surface area (Å²) in [5.74, 6) is 2.28. The molecule has 1 aromatic carbocycles. The lowest BCUT2D eigenvalue weighted by molar-refractivity contribution is -0.136. The predicted octanol–water partition coefficient (Wildman–Crippen LogP) is 4.55. The maximum atomic E-state index is 12.7. The highest BCUT2D eigenvalue weighted by molar-refractivity contribution is 5.76.